The highest BCUT2D eigenvalue weighted by Gasteiger charge is 2.24. The van der Waals surface area contributed by atoms with E-state index in [-0.39, 0.29) is 18.4 Å². The number of amides is 2. The average molecular weight is 322 g/mol. The summed E-state index contributed by atoms with van der Waals surface area (Å²) in [6.07, 6.45) is 2.15. The molecule has 0 radical (unpaired) electrons. The van der Waals surface area contributed by atoms with E-state index in [2.05, 4.69) is 22.1 Å². The Labute approximate surface area is 135 Å². The predicted octanol–water partition coefficient (Wildman–Crippen LogP) is 1.58. The number of carbonyl (C=O) groups is 2. The Morgan fingerprint density at radius 3 is 2.86 bits per heavy atom. The number of nitrogens with one attached hydrogen (secondary N) is 2. The van der Waals surface area contributed by atoms with Crippen molar-refractivity contribution >= 4 is 29.1 Å². The van der Waals surface area contributed by atoms with Gasteiger partial charge >= 0.3 is 0 Å². The van der Waals surface area contributed by atoms with Crippen LogP contribution in [0.3, 0.4) is 0 Å². The van der Waals surface area contributed by atoms with Crippen molar-refractivity contribution in [2.24, 2.45) is 5.92 Å². The molecule has 2 amide bonds. The number of carbonyl (C=O) groups excluding carboxylic acids is 2. The van der Waals surface area contributed by atoms with E-state index in [1.54, 1.807) is 0 Å². The van der Waals surface area contributed by atoms with Gasteiger partial charge in [-0.1, -0.05) is 30.3 Å². The Morgan fingerprint density at radius 2 is 2.14 bits per heavy atom. The number of benzene rings is 1. The van der Waals surface area contributed by atoms with E-state index in [1.807, 2.05) is 24.3 Å². The van der Waals surface area contributed by atoms with Crippen molar-refractivity contribution in [3.05, 3.63) is 41.9 Å². The second-order valence-electron chi connectivity index (χ2n) is 5.28. The van der Waals surface area contributed by atoms with E-state index in [0.29, 0.717) is 12.5 Å². The van der Waals surface area contributed by atoms with Crippen LogP contribution >= 0.6 is 11.6 Å². The molecule has 1 aliphatic rings. The highest BCUT2D eigenvalue weighted by Crippen LogP contribution is 2.29. The van der Waals surface area contributed by atoms with Gasteiger partial charge in [0.1, 0.15) is 0 Å². The van der Waals surface area contributed by atoms with Gasteiger partial charge in [-0.25, -0.2) is 0 Å². The zero-order valence-electron chi connectivity index (χ0n) is 12.3. The number of nitrogens with zero attached hydrogens (tertiary/aromatic N) is 1. The molecule has 22 heavy (non-hydrogen) atoms. The van der Waals surface area contributed by atoms with Crippen LogP contribution in [0.15, 0.2) is 36.9 Å². The molecule has 2 rings (SSSR count). The van der Waals surface area contributed by atoms with Crippen molar-refractivity contribution in [3.63, 3.8) is 0 Å². The van der Waals surface area contributed by atoms with Gasteiger partial charge in [0.05, 0.1) is 17.3 Å². The van der Waals surface area contributed by atoms with E-state index >= 15 is 0 Å². The number of hydrogen-bond acceptors (Lipinski definition) is 3. The molecule has 6 heteroatoms. The summed E-state index contributed by atoms with van der Waals surface area (Å²) >= 11 is 6.20. The Bertz CT molecular complexity index is 562. The van der Waals surface area contributed by atoms with Crippen LogP contribution < -0.4 is 15.5 Å². The molecule has 0 spiro atoms. The van der Waals surface area contributed by atoms with E-state index in [9.17, 15) is 9.59 Å². The molecule has 5 nitrogen and oxygen atoms in total. The molecule has 1 unspecified atom stereocenters. The fourth-order valence-corrected chi connectivity index (χ4v) is 2.74. The van der Waals surface area contributed by atoms with Crippen molar-refractivity contribution in [3.8, 4) is 0 Å². The summed E-state index contributed by atoms with van der Waals surface area (Å²) in [6, 6.07) is 7.78. The molecule has 1 aliphatic heterocycles. The van der Waals surface area contributed by atoms with Crippen molar-refractivity contribution in [1.29, 1.82) is 0 Å². The number of rotatable bonds is 6. The van der Waals surface area contributed by atoms with E-state index < -0.39 is 0 Å². The monoisotopic (exact) mass is 321 g/mol. The minimum Gasteiger partial charge on any atom is -0.370 e. The fourth-order valence-electron chi connectivity index (χ4n) is 2.49. The lowest BCUT2D eigenvalue weighted by Gasteiger charge is -2.20. The summed E-state index contributed by atoms with van der Waals surface area (Å²) in [5, 5.41) is 6.05. The van der Waals surface area contributed by atoms with Gasteiger partial charge in [0.15, 0.2) is 0 Å². The molecule has 1 atom stereocenters. The quantitative estimate of drug-likeness (QED) is 0.782. The number of anilines is 1. The molecule has 2 N–H and O–H groups in total. The largest absolute Gasteiger partial charge is 0.370 e. The zero-order valence-corrected chi connectivity index (χ0v) is 13.1. The summed E-state index contributed by atoms with van der Waals surface area (Å²) < 4.78 is 0. The van der Waals surface area contributed by atoms with Gasteiger partial charge in [-0.3, -0.25) is 9.59 Å². The van der Waals surface area contributed by atoms with Crippen LogP contribution in [0.25, 0.3) is 0 Å². The summed E-state index contributed by atoms with van der Waals surface area (Å²) in [7, 11) is 0. The zero-order chi connectivity index (χ0) is 15.9. The van der Waals surface area contributed by atoms with Crippen molar-refractivity contribution in [2.45, 2.75) is 6.42 Å². The van der Waals surface area contributed by atoms with Crippen molar-refractivity contribution in [2.75, 3.05) is 31.1 Å². The Kier molecular flexibility index (Phi) is 5.83. The third-order valence-electron chi connectivity index (χ3n) is 3.68. The molecule has 0 aromatic heterocycles. The van der Waals surface area contributed by atoms with Crippen LogP contribution in [0.2, 0.25) is 5.02 Å². The molecule has 1 heterocycles. The van der Waals surface area contributed by atoms with Gasteiger partial charge in [0.2, 0.25) is 11.8 Å². The lowest BCUT2D eigenvalue weighted by Crippen LogP contribution is -2.38. The third-order valence-corrected chi connectivity index (χ3v) is 4.00. The van der Waals surface area contributed by atoms with Crippen LogP contribution in [-0.2, 0) is 9.59 Å². The van der Waals surface area contributed by atoms with Gasteiger partial charge in [0.25, 0.3) is 0 Å². The Morgan fingerprint density at radius 1 is 1.36 bits per heavy atom. The van der Waals surface area contributed by atoms with Gasteiger partial charge in [-0.2, -0.15) is 0 Å². The smallest absolute Gasteiger partial charge is 0.243 e. The molecule has 0 bridgehead atoms. The molecular formula is C16H20ClN3O2. The average Bonchev–Trinajstić information content (AvgIpc) is 2.99. The first-order valence-corrected chi connectivity index (χ1v) is 7.64. The van der Waals surface area contributed by atoms with Gasteiger partial charge in [0, 0.05) is 19.6 Å². The number of halogens is 1. The lowest BCUT2D eigenvalue weighted by molar-refractivity contribution is -0.124. The first-order valence-electron chi connectivity index (χ1n) is 7.26. The molecular weight excluding hydrogens is 302 g/mol. The van der Waals surface area contributed by atoms with Crippen LogP contribution in [0.1, 0.15) is 6.42 Å². The van der Waals surface area contributed by atoms with Crippen molar-refractivity contribution in [1.82, 2.24) is 10.6 Å². The Hall–Kier alpha value is -2.01. The molecule has 0 aliphatic carbocycles. The maximum Gasteiger partial charge on any atom is 0.243 e. The van der Waals surface area contributed by atoms with E-state index in [1.165, 1.54) is 0 Å². The summed E-state index contributed by atoms with van der Waals surface area (Å²) in [4.78, 5) is 24.8. The fraction of sp³-hybridized carbons (Fsp3) is 0.375. The topological polar surface area (TPSA) is 61.4 Å². The van der Waals surface area contributed by atoms with E-state index in [0.717, 1.165) is 36.3 Å². The van der Waals surface area contributed by atoms with Gasteiger partial charge < -0.3 is 15.5 Å². The highest BCUT2D eigenvalue weighted by molar-refractivity contribution is 6.33. The molecule has 1 aromatic carbocycles. The molecule has 1 fully saturated rings. The number of para-hydroxylation sites is 1. The maximum atomic E-state index is 11.6. The summed E-state index contributed by atoms with van der Waals surface area (Å²) in [6.45, 7) is 5.70. The molecule has 118 valence electrons. The number of hydrogen-bond donors (Lipinski definition) is 2. The highest BCUT2D eigenvalue weighted by atomic mass is 35.5. The predicted molar refractivity (Wildman–Crippen MR) is 88.0 cm³/mol. The first-order chi connectivity index (χ1) is 10.6. The Balaban J connectivity index is 1.75. The second kappa shape index (κ2) is 7.84. The third kappa shape index (κ3) is 4.49. The summed E-state index contributed by atoms with van der Waals surface area (Å²) in [5.41, 5.74) is 1.04. The molecule has 0 saturated carbocycles. The van der Waals surface area contributed by atoms with Crippen LogP contribution in [0, 0.1) is 5.92 Å². The van der Waals surface area contributed by atoms with Crippen molar-refractivity contribution < 1.29 is 9.59 Å². The minimum absolute atomic E-state index is 0.0220. The van der Waals surface area contributed by atoms with Crippen LogP contribution in [0.5, 0.6) is 0 Å². The van der Waals surface area contributed by atoms with Gasteiger partial charge in [-0.05, 0) is 30.5 Å². The summed E-state index contributed by atoms with van der Waals surface area (Å²) in [5.74, 6) is -0.150. The van der Waals surface area contributed by atoms with E-state index in [4.69, 9.17) is 11.6 Å². The SMILES string of the molecule is C=CC(=O)NCC(=O)NCC1CCN(c2ccccc2Cl)C1. The van der Waals surface area contributed by atoms with Crippen LogP contribution in [0.4, 0.5) is 5.69 Å². The first kappa shape index (κ1) is 16.4. The molecule has 1 aromatic rings. The van der Waals surface area contributed by atoms with Gasteiger partial charge in [-0.15, -0.1) is 0 Å². The maximum absolute atomic E-state index is 11.6. The molecule has 1 saturated heterocycles. The second-order valence-corrected chi connectivity index (χ2v) is 5.69. The normalized spacial score (nSPS) is 17.1. The van der Waals surface area contributed by atoms with Crippen LogP contribution in [-0.4, -0.2) is 38.0 Å². The standard InChI is InChI=1S/C16H20ClN3O2/c1-2-15(21)19-10-16(22)18-9-12-7-8-20(11-12)14-6-4-3-5-13(14)17/h2-6,12H,1,7-11H2,(H,18,22)(H,19,21). The lowest BCUT2D eigenvalue weighted by atomic mass is 10.1. The minimum atomic E-state index is -0.346.